The number of fused-ring (bicyclic) bond motifs is 1. The van der Waals surface area contributed by atoms with Gasteiger partial charge in [0.15, 0.2) is 0 Å². The van der Waals surface area contributed by atoms with E-state index in [4.69, 9.17) is 0 Å². The van der Waals surface area contributed by atoms with Gasteiger partial charge in [0.2, 0.25) is 0 Å². The number of para-hydroxylation sites is 1. The van der Waals surface area contributed by atoms with Gasteiger partial charge in [0, 0.05) is 35.4 Å². The Morgan fingerprint density at radius 2 is 1.74 bits per heavy atom. The number of nitrogens with zero attached hydrogens (tertiary/aromatic N) is 2. The molecule has 0 radical (unpaired) electrons. The summed E-state index contributed by atoms with van der Waals surface area (Å²) < 4.78 is 42.4. The van der Waals surface area contributed by atoms with Gasteiger partial charge in [0.25, 0.3) is 0 Å². The van der Waals surface area contributed by atoms with Gasteiger partial charge in [0.1, 0.15) is 5.75 Å². The van der Waals surface area contributed by atoms with Crippen LogP contribution in [0.25, 0.3) is 22.0 Å². The second-order valence-electron chi connectivity index (χ2n) is 6.75. The molecule has 3 nitrogen and oxygen atoms in total. The summed E-state index contributed by atoms with van der Waals surface area (Å²) in [5, 5.41) is 1.01. The van der Waals surface area contributed by atoms with E-state index in [0.717, 1.165) is 35.4 Å². The molecule has 0 amide bonds. The van der Waals surface area contributed by atoms with E-state index in [1.807, 2.05) is 25.1 Å². The summed E-state index contributed by atoms with van der Waals surface area (Å²) >= 11 is 0. The number of alkyl halides is 3. The number of aromatic nitrogens is 1. The number of anilines is 1. The predicted molar refractivity (Wildman–Crippen MR) is 100 cm³/mol. The highest BCUT2D eigenvalue weighted by atomic mass is 19.4. The summed E-state index contributed by atoms with van der Waals surface area (Å²) in [5.41, 5.74) is 3.84. The first kappa shape index (κ1) is 17.6. The highest BCUT2D eigenvalue weighted by Gasteiger charge is 2.32. The summed E-state index contributed by atoms with van der Waals surface area (Å²) in [6.45, 7) is 3.97. The smallest absolute Gasteiger partial charge is 0.405 e. The van der Waals surface area contributed by atoms with Crippen LogP contribution in [-0.4, -0.2) is 24.4 Å². The second kappa shape index (κ2) is 6.76. The zero-order valence-corrected chi connectivity index (χ0v) is 14.9. The Kier molecular flexibility index (Phi) is 4.42. The first-order chi connectivity index (χ1) is 12.9. The minimum absolute atomic E-state index is 0.211. The average molecular weight is 372 g/mol. The lowest BCUT2D eigenvalue weighted by molar-refractivity contribution is -0.274. The number of aryl methyl sites for hydroxylation is 1. The molecule has 0 saturated carbocycles. The van der Waals surface area contributed by atoms with Crippen molar-refractivity contribution in [2.24, 2.45) is 0 Å². The molecule has 1 fully saturated rings. The fourth-order valence-electron chi connectivity index (χ4n) is 3.64. The number of rotatable bonds is 3. The third-order valence-corrected chi connectivity index (χ3v) is 4.79. The molecule has 3 aromatic rings. The van der Waals surface area contributed by atoms with E-state index in [-0.39, 0.29) is 5.75 Å². The zero-order valence-electron chi connectivity index (χ0n) is 14.9. The van der Waals surface area contributed by atoms with Crippen LogP contribution >= 0.6 is 0 Å². The number of hydrogen-bond acceptors (Lipinski definition) is 3. The van der Waals surface area contributed by atoms with Gasteiger partial charge in [-0.05, 0) is 43.5 Å². The summed E-state index contributed by atoms with van der Waals surface area (Å²) in [5.74, 6) is -0.211. The van der Waals surface area contributed by atoms with Gasteiger partial charge in [-0.2, -0.15) is 0 Å². The Labute approximate surface area is 155 Å². The number of benzene rings is 2. The molecule has 0 unspecified atom stereocenters. The standard InChI is InChI=1S/C21H19F3N2O/c1-14-12-19(26-10-4-5-11-26)17-9-8-15(13-18(17)25-14)16-6-2-3-7-20(16)27-21(22,23)24/h2-3,6-9,12-13H,4-5,10-11H2,1H3. The molecule has 1 aromatic heterocycles. The summed E-state index contributed by atoms with van der Waals surface area (Å²) in [6, 6.07) is 13.9. The zero-order chi connectivity index (χ0) is 19.0. The molecule has 1 aliphatic heterocycles. The van der Waals surface area contributed by atoms with Crippen molar-refractivity contribution in [1.29, 1.82) is 0 Å². The Morgan fingerprint density at radius 3 is 2.48 bits per heavy atom. The van der Waals surface area contributed by atoms with Gasteiger partial charge >= 0.3 is 6.36 Å². The first-order valence-corrected chi connectivity index (χ1v) is 8.92. The third-order valence-electron chi connectivity index (χ3n) is 4.79. The Bertz CT molecular complexity index is 979. The van der Waals surface area contributed by atoms with Crippen LogP contribution in [0.4, 0.5) is 18.9 Å². The van der Waals surface area contributed by atoms with E-state index < -0.39 is 6.36 Å². The normalized spacial score (nSPS) is 14.7. The van der Waals surface area contributed by atoms with Crippen molar-refractivity contribution in [3.63, 3.8) is 0 Å². The van der Waals surface area contributed by atoms with Crippen LogP contribution < -0.4 is 9.64 Å². The molecule has 1 saturated heterocycles. The van der Waals surface area contributed by atoms with Crippen molar-refractivity contribution in [2.75, 3.05) is 18.0 Å². The van der Waals surface area contributed by atoms with E-state index in [1.54, 1.807) is 12.1 Å². The number of pyridine rings is 1. The molecule has 6 heteroatoms. The van der Waals surface area contributed by atoms with Crippen molar-refractivity contribution in [1.82, 2.24) is 4.98 Å². The van der Waals surface area contributed by atoms with Gasteiger partial charge in [-0.15, -0.1) is 13.2 Å². The van der Waals surface area contributed by atoms with Gasteiger partial charge < -0.3 is 9.64 Å². The van der Waals surface area contributed by atoms with Crippen LogP contribution in [0, 0.1) is 6.92 Å². The summed E-state index contributed by atoms with van der Waals surface area (Å²) in [6.07, 6.45) is -2.39. The quantitative estimate of drug-likeness (QED) is 0.589. The lowest BCUT2D eigenvalue weighted by Gasteiger charge is -2.21. The Morgan fingerprint density at radius 1 is 1.00 bits per heavy atom. The molecule has 1 aliphatic rings. The monoisotopic (exact) mass is 372 g/mol. The van der Waals surface area contributed by atoms with Crippen molar-refractivity contribution in [2.45, 2.75) is 26.1 Å². The second-order valence-corrected chi connectivity index (χ2v) is 6.75. The van der Waals surface area contributed by atoms with Gasteiger partial charge in [-0.25, -0.2) is 0 Å². The van der Waals surface area contributed by atoms with Gasteiger partial charge in [0.05, 0.1) is 5.52 Å². The molecule has 2 aromatic carbocycles. The lowest BCUT2D eigenvalue weighted by atomic mass is 10.0. The summed E-state index contributed by atoms with van der Waals surface area (Å²) in [4.78, 5) is 6.95. The lowest BCUT2D eigenvalue weighted by Crippen LogP contribution is -2.18. The molecule has 0 N–H and O–H groups in total. The fourth-order valence-corrected chi connectivity index (χ4v) is 3.64. The van der Waals surface area contributed by atoms with Crippen LogP contribution in [-0.2, 0) is 0 Å². The van der Waals surface area contributed by atoms with Crippen LogP contribution in [0.1, 0.15) is 18.5 Å². The first-order valence-electron chi connectivity index (χ1n) is 8.92. The van der Waals surface area contributed by atoms with Crippen molar-refractivity contribution < 1.29 is 17.9 Å². The van der Waals surface area contributed by atoms with Crippen molar-refractivity contribution in [3.8, 4) is 16.9 Å². The maximum absolute atomic E-state index is 12.7. The number of ether oxygens (including phenoxy) is 1. The minimum atomic E-state index is -4.73. The minimum Gasteiger partial charge on any atom is -0.405 e. The Hall–Kier alpha value is -2.76. The van der Waals surface area contributed by atoms with Crippen LogP contribution in [0.3, 0.4) is 0 Å². The fraction of sp³-hybridized carbons (Fsp3) is 0.286. The predicted octanol–water partition coefficient (Wildman–Crippen LogP) is 5.71. The van der Waals surface area contributed by atoms with Crippen LogP contribution in [0.5, 0.6) is 5.75 Å². The largest absolute Gasteiger partial charge is 0.573 e. The average Bonchev–Trinajstić information content (AvgIpc) is 3.14. The maximum Gasteiger partial charge on any atom is 0.573 e. The molecule has 2 heterocycles. The topological polar surface area (TPSA) is 25.4 Å². The van der Waals surface area contributed by atoms with E-state index in [9.17, 15) is 13.2 Å². The molecule has 140 valence electrons. The third kappa shape index (κ3) is 3.70. The molecule has 0 bridgehead atoms. The van der Waals surface area contributed by atoms with Crippen molar-refractivity contribution >= 4 is 16.6 Å². The molecule has 4 rings (SSSR count). The van der Waals surface area contributed by atoms with Gasteiger partial charge in [-0.3, -0.25) is 4.98 Å². The molecule has 0 aliphatic carbocycles. The number of halogens is 3. The molecule has 27 heavy (non-hydrogen) atoms. The van der Waals surface area contributed by atoms with Gasteiger partial charge in [-0.1, -0.05) is 30.3 Å². The highest BCUT2D eigenvalue weighted by Crippen LogP contribution is 2.37. The molecular formula is C21H19F3N2O. The van der Waals surface area contributed by atoms with E-state index >= 15 is 0 Å². The van der Waals surface area contributed by atoms with E-state index in [1.165, 1.54) is 25.0 Å². The molecule has 0 spiro atoms. The highest BCUT2D eigenvalue weighted by molar-refractivity contribution is 5.95. The molecule has 0 atom stereocenters. The SMILES string of the molecule is Cc1cc(N2CCCC2)c2ccc(-c3ccccc3OC(F)(F)F)cc2n1. The van der Waals surface area contributed by atoms with E-state index in [2.05, 4.69) is 20.7 Å². The van der Waals surface area contributed by atoms with Crippen molar-refractivity contribution in [3.05, 3.63) is 54.2 Å². The number of hydrogen-bond donors (Lipinski definition) is 0. The van der Waals surface area contributed by atoms with Crippen LogP contribution in [0.2, 0.25) is 0 Å². The Balaban J connectivity index is 1.81. The van der Waals surface area contributed by atoms with Crippen LogP contribution in [0.15, 0.2) is 48.5 Å². The maximum atomic E-state index is 12.7. The summed E-state index contributed by atoms with van der Waals surface area (Å²) in [7, 11) is 0. The molecular weight excluding hydrogens is 353 g/mol. The van der Waals surface area contributed by atoms with E-state index in [0.29, 0.717) is 11.1 Å².